The highest BCUT2D eigenvalue weighted by atomic mass is 32.2. The number of halogens is 2. The molecule has 2 N–H and O–H groups in total. The van der Waals surface area contributed by atoms with Crippen LogP contribution in [0.25, 0.3) is 0 Å². The summed E-state index contributed by atoms with van der Waals surface area (Å²) in [6, 6.07) is 21.1. The summed E-state index contributed by atoms with van der Waals surface area (Å²) in [5, 5.41) is 8.85. The summed E-state index contributed by atoms with van der Waals surface area (Å²) in [6.07, 6.45) is -0.682. The molecule has 0 radical (unpaired) electrons. The van der Waals surface area contributed by atoms with E-state index in [9.17, 15) is 22.0 Å². The molecule has 0 aromatic heterocycles. The van der Waals surface area contributed by atoms with Crippen molar-refractivity contribution in [1.82, 2.24) is 0 Å². The predicted octanol–water partition coefficient (Wildman–Crippen LogP) is 5.54. The van der Waals surface area contributed by atoms with E-state index in [2.05, 4.69) is 4.72 Å². The molecule has 6 nitrogen and oxygen atoms in total. The number of carbonyl (C=O) groups is 1. The van der Waals surface area contributed by atoms with Crippen molar-refractivity contribution in [3.05, 3.63) is 90.0 Å². The molecule has 0 saturated carbocycles. The lowest BCUT2D eigenvalue weighted by atomic mass is 10.0. The first-order valence-corrected chi connectivity index (χ1v) is 12.6. The van der Waals surface area contributed by atoms with E-state index < -0.39 is 34.8 Å². The third-order valence-corrected chi connectivity index (χ3v) is 6.72. The van der Waals surface area contributed by atoms with E-state index in [1.54, 1.807) is 66.7 Å². The number of carboxylic acid groups (broad SMARTS) is 1. The van der Waals surface area contributed by atoms with Gasteiger partial charge in [0.05, 0.1) is 11.5 Å². The Balaban J connectivity index is 1.53. The lowest BCUT2D eigenvalue weighted by Crippen LogP contribution is -2.21. The molecule has 0 heterocycles. The number of benzene rings is 3. The van der Waals surface area contributed by atoms with Crippen LogP contribution >= 0.6 is 0 Å². The van der Waals surface area contributed by atoms with Crippen molar-refractivity contribution in [2.24, 2.45) is 0 Å². The molecule has 0 amide bonds. The smallest absolute Gasteiger partial charge is 0.303 e. The normalized spacial score (nSPS) is 11.7. The maximum atomic E-state index is 14.5. The molecule has 9 heteroatoms. The minimum absolute atomic E-state index is 0.0586. The van der Waals surface area contributed by atoms with Crippen LogP contribution in [0.4, 0.5) is 14.5 Å². The van der Waals surface area contributed by atoms with Crippen molar-refractivity contribution < 1.29 is 31.8 Å². The van der Waals surface area contributed by atoms with Gasteiger partial charge in [-0.3, -0.25) is 9.52 Å². The van der Waals surface area contributed by atoms with Crippen LogP contribution in [0.1, 0.15) is 30.4 Å². The molecule has 0 saturated heterocycles. The Morgan fingerprint density at radius 2 is 1.63 bits per heavy atom. The minimum Gasteiger partial charge on any atom is -0.493 e. The van der Waals surface area contributed by atoms with Gasteiger partial charge >= 0.3 is 5.97 Å². The number of ether oxygens (including phenoxy) is 1. The predicted molar refractivity (Wildman–Crippen MR) is 129 cm³/mol. The number of hydrogen-bond donors (Lipinski definition) is 2. The van der Waals surface area contributed by atoms with Crippen molar-refractivity contribution in [2.45, 2.75) is 42.9 Å². The lowest BCUT2D eigenvalue weighted by molar-refractivity contribution is -0.136. The summed E-state index contributed by atoms with van der Waals surface area (Å²) in [5.74, 6) is -3.53. The molecule has 0 aliphatic rings. The minimum atomic E-state index is -3.77. The van der Waals surface area contributed by atoms with Gasteiger partial charge in [0.2, 0.25) is 0 Å². The van der Waals surface area contributed by atoms with Crippen molar-refractivity contribution >= 4 is 21.7 Å². The fourth-order valence-electron chi connectivity index (χ4n) is 3.46. The number of hydrogen-bond acceptors (Lipinski definition) is 4. The molecule has 0 aliphatic carbocycles. The van der Waals surface area contributed by atoms with Crippen LogP contribution in [0, 0.1) is 0 Å². The number of aliphatic carboxylic acids is 1. The first-order valence-electron chi connectivity index (χ1n) is 11.1. The van der Waals surface area contributed by atoms with Crippen LogP contribution in [-0.4, -0.2) is 32.0 Å². The molecule has 0 unspecified atom stereocenters. The Hall–Kier alpha value is -3.46. The summed E-state index contributed by atoms with van der Waals surface area (Å²) in [4.78, 5) is 10.9. The fraction of sp³-hybridized carbons (Fsp3) is 0.269. The van der Waals surface area contributed by atoms with Crippen LogP contribution in [0.15, 0.2) is 83.8 Å². The largest absolute Gasteiger partial charge is 0.493 e. The average Bonchev–Trinajstić information content (AvgIpc) is 2.83. The van der Waals surface area contributed by atoms with Gasteiger partial charge in [0.25, 0.3) is 15.9 Å². The number of rotatable bonds is 13. The van der Waals surface area contributed by atoms with Gasteiger partial charge in [-0.15, -0.1) is 0 Å². The zero-order valence-electron chi connectivity index (χ0n) is 19.0. The highest BCUT2D eigenvalue weighted by Crippen LogP contribution is 2.27. The Morgan fingerprint density at radius 1 is 0.914 bits per heavy atom. The molecule has 35 heavy (non-hydrogen) atoms. The number of alkyl halides is 2. The maximum Gasteiger partial charge on any atom is 0.303 e. The lowest BCUT2D eigenvalue weighted by Gasteiger charge is -2.18. The van der Waals surface area contributed by atoms with Gasteiger partial charge in [0.15, 0.2) is 0 Å². The molecule has 0 spiro atoms. The number of para-hydroxylation sites is 1. The Kier molecular flexibility index (Phi) is 8.81. The monoisotopic (exact) mass is 503 g/mol. The van der Waals surface area contributed by atoms with Crippen LogP contribution < -0.4 is 9.46 Å². The van der Waals surface area contributed by atoms with E-state index in [4.69, 9.17) is 9.84 Å². The quantitative estimate of drug-likeness (QED) is 0.319. The molecule has 186 valence electrons. The zero-order valence-corrected chi connectivity index (χ0v) is 19.8. The topological polar surface area (TPSA) is 92.7 Å². The highest BCUT2D eigenvalue weighted by molar-refractivity contribution is 7.92. The van der Waals surface area contributed by atoms with E-state index in [1.165, 1.54) is 12.1 Å². The average molecular weight is 504 g/mol. The molecule has 0 atom stereocenters. The van der Waals surface area contributed by atoms with E-state index >= 15 is 0 Å². The van der Waals surface area contributed by atoms with Crippen molar-refractivity contribution in [3.8, 4) is 5.75 Å². The van der Waals surface area contributed by atoms with Gasteiger partial charge in [-0.25, -0.2) is 17.2 Å². The molecule has 3 aromatic carbocycles. The second-order valence-corrected chi connectivity index (χ2v) is 9.76. The second kappa shape index (κ2) is 11.8. The van der Waals surface area contributed by atoms with Gasteiger partial charge in [0.1, 0.15) is 5.75 Å². The van der Waals surface area contributed by atoms with Gasteiger partial charge < -0.3 is 9.84 Å². The van der Waals surface area contributed by atoms with Gasteiger partial charge in [-0.2, -0.15) is 0 Å². The molecular formula is C26H27F2NO5S. The van der Waals surface area contributed by atoms with Crippen molar-refractivity contribution in [2.75, 3.05) is 11.3 Å². The van der Waals surface area contributed by atoms with Crippen molar-refractivity contribution in [3.63, 3.8) is 0 Å². The molecule has 3 aromatic rings. The summed E-state index contributed by atoms with van der Waals surface area (Å²) in [7, 11) is -3.77. The van der Waals surface area contributed by atoms with Gasteiger partial charge in [-0.05, 0) is 54.3 Å². The Morgan fingerprint density at radius 3 is 2.37 bits per heavy atom. The fourth-order valence-corrected chi connectivity index (χ4v) is 4.53. The van der Waals surface area contributed by atoms with Crippen molar-refractivity contribution in [1.29, 1.82) is 0 Å². The molecule has 0 fully saturated rings. The summed E-state index contributed by atoms with van der Waals surface area (Å²) >= 11 is 0. The SMILES string of the molecule is O=C(O)CCc1ccccc1OCCC(F)(F)CCc1cccc(NS(=O)(=O)c2ccccc2)c1. The third kappa shape index (κ3) is 8.36. The molecule has 3 rings (SSSR count). The van der Waals surface area contributed by atoms with E-state index in [0.29, 0.717) is 22.6 Å². The highest BCUT2D eigenvalue weighted by Gasteiger charge is 2.28. The number of anilines is 1. The maximum absolute atomic E-state index is 14.5. The van der Waals surface area contributed by atoms with Gasteiger partial charge in [0, 0.05) is 24.9 Å². The summed E-state index contributed by atoms with van der Waals surface area (Å²) in [6.45, 7) is -0.214. The number of aryl methyl sites for hydroxylation is 2. The summed E-state index contributed by atoms with van der Waals surface area (Å²) < 4.78 is 62.0. The number of nitrogens with one attached hydrogen (secondary N) is 1. The van der Waals surface area contributed by atoms with Gasteiger partial charge in [-0.1, -0.05) is 48.5 Å². The number of carboxylic acids is 1. The van der Waals surface area contributed by atoms with E-state index in [1.807, 2.05) is 0 Å². The van der Waals surface area contributed by atoms with Crippen LogP contribution in [0.2, 0.25) is 0 Å². The van der Waals surface area contributed by atoms with E-state index in [-0.39, 0.29) is 30.8 Å². The second-order valence-electron chi connectivity index (χ2n) is 8.07. The van der Waals surface area contributed by atoms with Crippen LogP contribution in [0.3, 0.4) is 0 Å². The molecule has 0 aliphatic heterocycles. The first kappa shape index (κ1) is 26.2. The third-order valence-electron chi connectivity index (χ3n) is 5.32. The zero-order chi connectivity index (χ0) is 25.3. The van der Waals surface area contributed by atoms with E-state index in [0.717, 1.165) is 0 Å². The number of sulfonamides is 1. The first-order chi connectivity index (χ1) is 16.6. The molecular weight excluding hydrogens is 476 g/mol. The Bertz CT molecular complexity index is 1230. The molecule has 0 bridgehead atoms. The summed E-state index contributed by atoms with van der Waals surface area (Å²) in [5.41, 5.74) is 1.54. The Labute approximate surface area is 203 Å². The van der Waals surface area contributed by atoms with Crippen LogP contribution in [-0.2, 0) is 27.7 Å². The standard InChI is InChI=1S/C26H27F2NO5S/c27-26(28,17-18-34-24-12-5-4-8-21(24)13-14-25(30)31)16-15-20-7-6-9-22(19-20)29-35(32,33)23-10-2-1-3-11-23/h1-12,19,29H,13-18H2,(H,30,31). The van der Waals surface area contributed by atoms with Crippen LogP contribution in [0.5, 0.6) is 5.75 Å².